The number of amides is 1. The van der Waals surface area contributed by atoms with Crippen molar-refractivity contribution in [1.82, 2.24) is 4.57 Å². The molecule has 0 atom stereocenters. The lowest BCUT2D eigenvalue weighted by Crippen LogP contribution is -2.31. The van der Waals surface area contributed by atoms with Gasteiger partial charge in [-0.2, -0.15) is 0 Å². The van der Waals surface area contributed by atoms with Crippen LogP contribution < -0.4 is 10.7 Å². The highest BCUT2D eigenvalue weighted by Gasteiger charge is 2.23. The van der Waals surface area contributed by atoms with Crippen LogP contribution in [0, 0.1) is 25.6 Å². The molecule has 0 radical (unpaired) electrons. The summed E-state index contributed by atoms with van der Waals surface area (Å²) in [6.45, 7) is 11.9. The van der Waals surface area contributed by atoms with Crippen LogP contribution in [0.25, 0.3) is 0 Å². The SMILES string of the molecule is CCc1cccc(CC)c1NC(=O)c1c(C)n(CC(C)C)c(C)c(F)c1=O. The van der Waals surface area contributed by atoms with E-state index < -0.39 is 17.2 Å². The average molecular weight is 372 g/mol. The number of nitrogens with zero attached hydrogens (tertiary/aromatic N) is 1. The summed E-state index contributed by atoms with van der Waals surface area (Å²) in [7, 11) is 0. The number of para-hydroxylation sites is 1. The Hall–Kier alpha value is -2.43. The molecular weight excluding hydrogens is 343 g/mol. The number of aryl methyl sites for hydroxylation is 2. The van der Waals surface area contributed by atoms with Gasteiger partial charge in [-0.3, -0.25) is 9.59 Å². The van der Waals surface area contributed by atoms with Gasteiger partial charge in [-0.1, -0.05) is 45.9 Å². The van der Waals surface area contributed by atoms with Crippen molar-refractivity contribution in [1.29, 1.82) is 0 Å². The predicted octanol–water partition coefficient (Wildman–Crippen LogP) is 4.64. The number of hydrogen-bond donors (Lipinski definition) is 1. The van der Waals surface area contributed by atoms with Crippen LogP contribution in [0.15, 0.2) is 23.0 Å². The largest absolute Gasteiger partial charge is 0.345 e. The fourth-order valence-corrected chi connectivity index (χ4v) is 3.43. The van der Waals surface area contributed by atoms with Crippen LogP contribution in [0.1, 0.15) is 60.6 Å². The first-order valence-electron chi connectivity index (χ1n) is 9.54. The molecule has 1 heterocycles. The third-order valence-corrected chi connectivity index (χ3v) is 4.93. The van der Waals surface area contributed by atoms with Gasteiger partial charge >= 0.3 is 0 Å². The molecule has 0 spiro atoms. The molecule has 4 nitrogen and oxygen atoms in total. The summed E-state index contributed by atoms with van der Waals surface area (Å²) in [6, 6.07) is 5.86. The van der Waals surface area contributed by atoms with Crippen LogP contribution in [0.4, 0.5) is 10.1 Å². The molecule has 0 unspecified atom stereocenters. The number of rotatable bonds is 6. The van der Waals surface area contributed by atoms with E-state index >= 15 is 0 Å². The van der Waals surface area contributed by atoms with Crippen molar-refractivity contribution in [2.75, 3.05) is 5.32 Å². The minimum atomic E-state index is -0.856. The second-order valence-corrected chi connectivity index (χ2v) is 7.31. The first-order chi connectivity index (χ1) is 12.7. The summed E-state index contributed by atoms with van der Waals surface area (Å²) in [5.41, 5.74) is 2.53. The van der Waals surface area contributed by atoms with Gasteiger partial charge in [0.1, 0.15) is 5.56 Å². The molecular formula is C22H29FN2O2. The van der Waals surface area contributed by atoms with E-state index in [9.17, 15) is 14.0 Å². The van der Waals surface area contributed by atoms with Crippen molar-refractivity contribution < 1.29 is 9.18 Å². The summed E-state index contributed by atoms with van der Waals surface area (Å²) >= 11 is 0. The Morgan fingerprint density at radius 2 is 1.67 bits per heavy atom. The van der Waals surface area contributed by atoms with Gasteiger partial charge in [-0.25, -0.2) is 4.39 Å². The van der Waals surface area contributed by atoms with Crippen LogP contribution in [0.2, 0.25) is 0 Å². The molecule has 2 rings (SSSR count). The van der Waals surface area contributed by atoms with E-state index in [4.69, 9.17) is 0 Å². The van der Waals surface area contributed by atoms with Crippen LogP contribution in [-0.2, 0) is 19.4 Å². The van der Waals surface area contributed by atoms with E-state index in [1.54, 1.807) is 18.4 Å². The van der Waals surface area contributed by atoms with Crippen molar-refractivity contribution >= 4 is 11.6 Å². The zero-order chi connectivity index (χ0) is 20.3. The van der Waals surface area contributed by atoms with Gasteiger partial charge in [0.15, 0.2) is 5.82 Å². The van der Waals surface area contributed by atoms with Gasteiger partial charge in [0, 0.05) is 17.9 Å². The molecule has 0 fully saturated rings. The minimum absolute atomic E-state index is 0.119. The summed E-state index contributed by atoms with van der Waals surface area (Å²) in [5.74, 6) is -1.15. The van der Waals surface area contributed by atoms with E-state index in [1.165, 1.54) is 0 Å². The minimum Gasteiger partial charge on any atom is -0.345 e. The topological polar surface area (TPSA) is 51.1 Å². The van der Waals surface area contributed by atoms with Crippen LogP contribution in [-0.4, -0.2) is 10.5 Å². The number of aromatic nitrogens is 1. The van der Waals surface area contributed by atoms with Gasteiger partial charge in [-0.15, -0.1) is 0 Å². The number of benzene rings is 1. The number of carbonyl (C=O) groups excluding carboxylic acids is 1. The molecule has 1 aromatic heterocycles. The van der Waals surface area contributed by atoms with E-state index in [2.05, 4.69) is 5.32 Å². The maximum absolute atomic E-state index is 14.6. The van der Waals surface area contributed by atoms with Gasteiger partial charge in [0.2, 0.25) is 5.43 Å². The fraction of sp³-hybridized carbons (Fsp3) is 0.455. The molecule has 1 N–H and O–H groups in total. The van der Waals surface area contributed by atoms with Crippen molar-refractivity contribution in [2.24, 2.45) is 5.92 Å². The molecule has 0 aliphatic rings. The third kappa shape index (κ3) is 4.12. The molecule has 0 saturated carbocycles. The fourth-order valence-electron chi connectivity index (χ4n) is 3.43. The highest BCUT2D eigenvalue weighted by molar-refractivity contribution is 6.05. The van der Waals surface area contributed by atoms with Gasteiger partial charge in [0.25, 0.3) is 5.91 Å². The molecule has 2 aromatic rings. The maximum Gasteiger partial charge on any atom is 0.261 e. The Bertz CT molecular complexity index is 891. The Balaban J connectivity index is 2.58. The second-order valence-electron chi connectivity index (χ2n) is 7.31. The normalized spacial score (nSPS) is 11.1. The number of nitrogens with one attached hydrogen (secondary N) is 1. The second kappa shape index (κ2) is 8.51. The Morgan fingerprint density at radius 1 is 1.11 bits per heavy atom. The molecule has 1 amide bonds. The summed E-state index contributed by atoms with van der Waals surface area (Å²) < 4.78 is 16.3. The summed E-state index contributed by atoms with van der Waals surface area (Å²) in [6.07, 6.45) is 1.50. The summed E-state index contributed by atoms with van der Waals surface area (Å²) in [5, 5.41) is 2.89. The Morgan fingerprint density at radius 3 is 2.15 bits per heavy atom. The van der Waals surface area contributed by atoms with E-state index in [-0.39, 0.29) is 17.2 Å². The standard InChI is InChI=1S/C22H29FN2O2/c1-7-16-10-9-11-17(8-2)20(16)24-22(27)18-14(5)25(12-13(3)4)15(6)19(23)21(18)26/h9-11,13H,7-8,12H2,1-6H3,(H,24,27). The van der Waals surface area contributed by atoms with Gasteiger partial charge in [-0.05, 0) is 43.7 Å². The molecule has 5 heteroatoms. The Kier molecular flexibility index (Phi) is 6.58. The van der Waals surface area contributed by atoms with Crippen molar-refractivity contribution in [3.8, 4) is 0 Å². The lowest BCUT2D eigenvalue weighted by Gasteiger charge is -2.20. The van der Waals surface area contributed by atoms with E-state index in [0.29, 0.717) is 12.2 Å². The molecule has 146 valence electrons. The number of hydrogen-bond acceptors (Lipinski definition) is 2. The average Bonchev–Trinajstić information content (AvgIpc) is 2.63. The number of carbonyl (C=O) groups is 1. The molecule has 1 aromatic carbocycles. The molecule has 27 heavy (non-hydrogen) atoms. The quantitative estimate of drug-likeness (QED) is 0.803. The van der Waals surface area contributed by atoms with E-state index in [0.717, 1.165) is 29.7 Å². The van der Waals surface area contributed by atoms with Crippen LogP contribution in [0.5, 0.6) is 0 Å². The molecule has 0 aliphatic carbocycles. The van der Waals surface area contributed by atoms with Crippen molar-refractivity contribution in [2.45, 2.75) is 60.9 Å². The van der Waals surface area contributed by atoms with Gasteiger partial charge in [0.05, 0.1) is 5.69 Å². The third-order valence-electron chi connectivity index (χ3n) is 4.93. The highest BCUT2D eigenvalue weighted by Crippen LogP contribution is 2.24. The zero-order valence-electron chi connectivity index (χ0n) is 17.1. The smallest absolute Gasteiger partial charge is 0.261 e. The number of halogens is 1. The van der Waals surface area contributed by atoms with Crippen LogP contribution >= 0.6 is 0 Å². The number of pyridine rings is 1. The molecule has 0 bridgehead atoms. The Labute approximate surface area is 160 Å². The first kappa shape index (κ1) is 20.9. The lowest BCUT2D eigenvalue weighted by molar-refractivity contribution is 0.102. The molecule has 0 saturated heterocycles. The summed E-state index contributed by atoms with van der Waals surface area (Å²) in [4.78, 5) is 25.5. The van der Waals surface area contributed by atoms with Crippen molar-refractivity contribution in [3.63, 3.8) is 0 Å². The van der Waals surface area contributed by atoms with Gasteiger partial charge < -0.3 is 9.88 Å². The highest BCUT2D eigenvalue weighted by atomic mass is 19.1. The monoisotopic (exact) mass is 372 g/mol. The van der Waals surface area contributed by atoms with Crippen LogP contribution in [0.3, 0.4) is 0 Å². The van der Waals surface area contributed by atoms with Crippen molar-refractivity contribution in [3.05, 3.63) is 62.3 Å². The number of anilines is 1. The maximum atomic E-state index is 14.6. The lowest BCUT2D eigenvalue weighted by atomic mass is 10.0. The molecule has 0 aliphatic heterocycles. The van der Waals surface area contributed by atoms with E-state index in [1.807, 2.05) is 45.9 Å². The predicted molar refractivity (Wildman–Crippen MR) is 108 cm³/mol. The first-order valence-corrected chi connectivity index (χ1v) is 9.54. The zero-order valence-corrected chi connectivity index (χ0v) is 17.1.